The molecule has 1 saturated heterocycles. The van der Waals surface area contributed by atoms with Crippen LogP contribution in [0.15, 0.2) is 30.6 Å². The number of nitrogens with one attached hydrogen (secondary N) is 3. The van der Waals surface area contributed by atoms with Gasteiger partial charge in [0.15, 0.2) is 0 Å². The van der Waals surface area contributed by atoms with Gasteiger partial charge in [0, 0.05) is 44.0 Å². The summed E-state index contributed by atoms with van der Waals surface area (Å²) in [7, 11) is -0.143. The third-order valence-corrected chi connectivity index (χ3v) is 5.06. The Morgan fingerprint density at radius 1 is 1.36 bits per heavy atom. The van der Waals surface area contributed by atoms with E-state index in [1.165, 1.54) is 7.11 Å². The van der Waals surface area contributed by atoms with Crippen LogP contribution in [0, 0.1) is 5.92 Å². The van der Waals surface area contributed by atoms with E-state index in [1.54, 1.807) is 29.1 Å². The average molecular weight is 430 g/mol. The van der Waals surface area contributed by atoms with Gasteiger partial charge in [-0.05, 0) is 17.7 Å². The summed E-state index contributed by atoms with van der Waals surface area (Å²) in [6.07, 6.45) is 4.77. The number of nitrogens with zero attached hydrogens (tertiary/aromatic N) is 2. The van der Waals surface area contributed by atoms with Gasteiger partial charge in [-0.15, -0.1) is 12.4 Å². The van der Waals surface area contributed by atoms with Crippen LogP contribution in [0.1, 0.15) is 11.5 Å². The first kappa shape index (κ1) is 22.0. The van der Waals surface area contributed by atoms with Gasteiger partial charge >= 0.3 is 0 Å². The minimum atomic E-state index is -3.43. The Hall–Kier alpha value is -2.30. The molecule has 1 aromatic carbocycles. The molecule has 2 heterocycles. The standard InChI is InChI=1S/C17H23N5O4S.ClH/c1-22-10-11(7-19-22)13-8-18-9-14(13)17(23)20-12-4-5-15(16(6-12)26-2)21-27(3,24)25;/h4-7,10,13-14,18,21H,8-9H2,1-3H3,(H,20,23);1H/t13-,14+;/m1./s1. The third-order valence-electron chi connectivity index (χ3n) is 4.47. The predicted molar refractivity (Wildman–Crippen MR) is 110 cm³/mol. The second-order valence-corrected chi connectivity index (χ2v) is 8.35. The summed E-state index contributed by atoms with van der Waals surface area (Å²) >= 11 is 0. The van der Waals surface area contributed by atoms with Crippen LogP contribution >= 0.6 is 12.4 Å². The fourth-order valence-corrected chi connectivity index (χ4v) is 3.79. The molecule has 1 fully saturated rings. The molecular weight excluding hydrogens is 406 g/mol. The zero-order chi connectivity index (χ0) is 19.6. The number of aromatic nitrogens is 2. The molecule has 3 rings (SSSR count). The van der Waals surface area contributed by atoms with Crippen molar-refractivity contribution in [2.75, 3.05) is 36.5 Å². The van der Waals surface area contributed by atoms with Gasteiger partial charge in [-0.1, -0.05) is 0 Å². The number of amides is 1. The van der Waals surface area contributed by atoms with Crippen molar-refractivity contribution < 1.29 is 17.9 Å². The van der Waals surface area contributed by atoms with Gasteiger partial charge in [0.1, 0.15) is 5.75 Å². The van der Waals surface area contributed by atoms with E-state index in [0.717, 1.165) is 11.8 Å². The number of sulfonamides is 1. The molecule has 0 aliphatic carbocycles. The molecule has 2 atom stereocenters. The summed E-state index contributed by atoms with van der Waals surface area (Å²) in [5.41, 5.74) is 1.87. The van der Waals surface area contributed by atoms with Crippen molar-refractivity contribution in [1.29, 1.82) is 0 Å². The van der Waals surface area contributed by atoms with E-state index < -0.39 is 10.0 Å². The summed E-state index contributed by atoms with van der Waals surface area (Å²) in [5.74, 6) is 0.0343. The lowest BCUT2D eigenvalue weighted by Gasteiger charge is -2.18. The Kier molecular flexibility index (Phi) is 6.91. The number of aryl methyl sites for hydroxylation is 1. The number of carbonyl (C=O) groups excluding carboxylic acids is 1. The van der Waals surface area contributed by atoms with Crippen molar-refractivity contribution in [2.24, 2.45) is 13.0 Å². The van der Waals surface area contributed by atoms with E-state index in [1.807, 2.05) is 13.2 Å². The Morgan fingerprint density at radius 3 is 2.71 bits per heavy atom. The lowest BCUT2D eigenvalue weighted by atomic mass is 9.90. The summed E-state index contributed by atoms with van der Waals surface area (Å²) < 4.78 is 32.2. The molecule has 0 unspecified atom stereocenters. The van der Waals surface area contributed by atoms with Crippen LogP contribution in [0.5, 0.6) is 5.75 Å². The molecule has 28 heavy (non-hydrogen) atoms. The molecule has 154 valence electrons. The van der Waals surface area contributed by atoms with Gasteiger partial charge in [-0.3, -0.25) is 14.2 Å². The Labute approximate surface area is 170 Å². The van der Waals surface area contributed by atoms with Crippen LogP contribution < -0.4 is 20.1 Å². The quantitative estimate of drug-likeness (QED) is 0.635. The van der Waals surface area contributed by atoms with E-state index in [2.05, 4.69) is 20.5 Å². The van der Waals surface area contributed by atoms with Crippen LogP contribution in [0.25, 0.3) is 0 Å². The minimum absolute atomic E-state index is 0. The van der Waals surface area contributed by atoms with Crippen molar-refractivity contribution in [3.05, 3.63) is 36.2 Å². The molecule has 0 saturated carbocycles. The van der Waals surface area contributed by atoms with Crippen molar-refractivity contribution in [1.82, 2.24) is 15.1 Å². The normalized spacial score (nSPS) is 19.0. The molecule has 1 aliphatic rings. The lowest BCUT2D eigenvalue weighted by molar-refractivity contribution is -0.119. The van der Waals surface area contributed by atoms with Gasteiger partial charge in [-0.2, -0.15) is 5.10 Å². The number of ether oxygens (including phenoxy) is 1. The fraction of sp³-hybridized carbons (Fsp3) is 0.412. The van der Waals surface area contributed by atoms with E-state index in [4.69, 9.17) is 4.74 Å². The second-order valence-electron chi connectivity index (χ2n) is 6.60. The SMILES string of the molecule is COc1cc(NC(=O)[C@H]2CNC[C@@H]2c2cnn(C)c2)ccc1NS(C)(=O)=O.Cl. The maximum atomic E-state index is 12.8. The highest BCUT2D eigenvalue weighted by atomic mass is 35.5. The zero-order valence-electron chi connectivity index (χ0n) is 15.8. The van der Waals surface area contributed by atoms with Gasteiger partial charge in [0.25, 0.3) is 0 Å². The average Bonchev–Trinajstić information content (AvgIpc) is 3.23. The van der Waals surface area contributed by atoms with Gasteiger partial charge in [0.2, 0.25) is 15.9 Å². The maximum Gasteiger partial charge on any atom is 0.229 e. The number of benzene rings is 1. The Bertz CT molecular complexity index is 947. The first-order valence-corrected chi connectivity index (χ1v) is 10.3. The summed E-state index contributed by atoms with van der Waals surface area (Å²) in [6, 6.07) is 4.78. The summed E-state index contributed by atoms with van der Waals surface area (Å²) in [6.45, 7) is 1.29. The Morgan fingerprint density at radius 2 is 2.11 bits per heavy atom. The number of hydrogen-bond donors (Lipinski definition) is 3. The largest absolute Gasteiger partial charge is 0.494 e. The number of anilines is 2. The molecule has 0 bridgehead atoms. The predicted octanol–water partition coefficient (Wildman–Crippen LogP) is 1.16. The monoisotopic (exact) mass is 429 g/mol. The van der Waals surface area contributed by atoms with Crippen LogP contribution in [-0.2, 0) is 21.9 Å². The highest BCUT2D eigenvalue weighted by molar-refractivity contribution is 7.92. The van der Waals surface area contributed by atoms with E-state index in [0.29, 0.717) is 30.2 Å². The first-order chi connectivity index (χ1) is 12.8. The molecule has 1 amide bonds. The van der Waals surface area contributed by atoms with E-state index in [9.17, 15) is 13.2 Å². The van der Waals surface area contributed by atoms with Crippen molar-refractivity contribution in [3.63, 3.8) is 0 Å². The molecule has 11 heteroatoms. The molecule has 1 aromatic heterocycles. The molecule has 2 aromatic rings. The molecule has 0 spiro atoms. The number of halogens is 1. The number of hydrogen-bond acceptors (Lipinski definition) is 6. The van der Waals surface area contributed by atoms with Gasteiger partial charge < -0.3 is 15.4 Å². The second kappa shape index (κ2) is 8.80. The first-order valence-electron chi connectivity index (χ1n) is 8.43. The van der Waals surface area contributed by atoms with Crippen molar-refractivity contribution in [2.45, 2.75) is 5.92 Å². The highest BCUT2D eigenvalue weighted by Crippen LogP contribution is 2.31. The molecular formula is C17H24ClN5O4S. The topological polar surface area (TPSA) is 114 Å². The van der Waals surface area contributed by atoms with Crippen LogP contribution in [0.3, 0.4) is 0 Å². The molecule has 3 N–H and O–H groups in total. The maximum absolute atomic E-state index is 12.8. The number of carbonyl (C=O) groups is 1. The molecule has 1 aliphatic heterocycles. The third kappa shape index (κ3) is 5.15. The fourth-order valence-electron chi connectivity index (χ4n) is 3.22. The summed E-state index contributed by atoms with van der Waals surface area (Å²) in [5, 5.41) is 10.3. The van der Waals surface area contributed by atoms with Crippen LogP contribution in [0.2, 0.25) is 0 Å². The molecule has 9 nitrogen and oxygen atoms in total. The lowest BCUT2D eigenvalue weighted by Crippen LogP contribution is -2.28. The van der Waals surface area contributed by atoms with E-state index in [-0.39, 0.29) is 30.2 Å². The highest BCUT2D eigenvalue weighted by Gasteiger charge is 2.34. The van der Waals surface area contributed by atoms with Crippen LogP contribution in [-0.4, -0.2) is 50.6 Å². The van der Waals surface area contributed by atoms with Crippen LogP contribution in [0.4, 0.5) is 11.4 Å². The van der Waals surface area contributed by atoms with Gasteiger partial charge in [0.05, 0.1) is 31.2 Å². The Balaban J connectivity index is 0.00000280. The van der Waals surface area contributed by atoms with E-state index >= 15 is 0 Å². The smallest absolute Gasteiger partial charge is 0.229 e. The zero-order valence-corrected chi connectivity index (χ0v) is 17.4. The van der Waals surface area contributed by atoms with Crippen molar-refractivity contribution in [3.8, 4) is 5.75 Å². The number of rotatable bonds is 6. The summed E-state index contributed by atoms with van der Waals surface area (Å²) in [4.78, 5) is 12.8. The van der Waals surface area contributed by atoms with Crippen molar-refractivity contribution >= 4 is 39.7 Å². The minimum Gasteiger partial charge on any atom is -0.494 e. The molecule has 0 radical (unpaired) electrons. The number of methoxy groups -OCH3 is 1. The van der Waals surface area contributed by atoms with Gasteiger partial charge in [-0.25, -0.2) is 8.42 Å².